The van der Waals surface area contributed by atoms with E-state index in [4.69, 9.17) is 5.11 Å². The molecular formula is C15H17F3N2O4. The number of nitrogens with one attached hydrogen (secondary N) is 2. The number of halogens is 3. The zero-order valence-electron chi connectivity index (χ0n) is 12.8. The Balaban J connectivity index is 1.86. The third-order valence-corrected chi connectivity index (χ3v) is 3.76. The van der Waals surface area contributed by atoms with Crippen LogP contribution in [0.1, 0.15) is 31.4 Å². The van der Waals surface area contributed by atoms with Crippen LogP contribution in [0.2, 0.25) is 0 Å². The lowest BCUT2D eigenvalue weighted by molar-refractivity contribution is -0.274. The number of urea groups is 1. The minimum absolute atomic E-state index is 0.210. The SMILES string of the molecule is CC(NC(=O)NC1CC(C(=O)O)C1)c1cccc(OC(F)(F)F)c1. The van der Waals surface area contributed by atoms with Crippen LogP contribution in [0, 0.1) is 5.92 Å². The Morgan fingerprint density at radius 1 is 1.33 bits per heavy atom. The summed E-state index contributed by atoms with van der Waals surface area (Å²) in [5, 5.41) is 14.0. The molecule has 1 saturated carbocycles. The molecule has 0 aromatic heterocycles. The van der Waals surface area contributed by atoms with Gasteiger partial charge >= 0.3 is 18.4 Å². The molecule has 0 bridgehead atoms. The number of amides is 2. The maximum atomic E-state index is 12.2. The summed E-state index contributed by atoms with van der Waals surface area (Å²) >= 11 is 0. The largest absolute Gasteiger partial charge is 0.573 e. The third kappa shape index (κ3) is 5.04. The number of rotatable bonds is 5. The highest BCUT2D eigenvalue weighted by Crippen LogP contribution is 2.28. The standard InChI is InChI=1S/C15H17F3N2O4/c1-8(9-3-2-4-12(7-9)24-15(16,17)18)19-14(23)20-11-5-10(6-11)13(21)22/h2-4,7-8,10-11H,5-6H2,1H3,(H,21,22)(H2,19,20,23). The predicted octanol–water partition coefficient (Wildman–Crippen LogP) is 2.81. The van der Waals surface area contributed by atoms with E-state index in [2.05, 4.69) is 15.4 Å². The van der Waals surface area contributed by atoms with Crippen LogP contribution in [0.4, 0.5) is 18.0 Å². The normalized spacial score (nSPS) is 21.3. The second-order valence-corrected chi connectivity index (χ2v) is 5.66. The number of carboxylic acid groups (broad SMARTS) is 1. The smallest absolute Gasteiger partial charge is 0.481 e. The maximum Gasteiger partial charge on any atom is 0.573 e. The van der Waals surface area contributed by atoms with Crippen LogP contribution in [-0.2, 0) is 4.79 Å². The highest BCUT2D eigenvalue weighted by atomic mass is 19.4. The molecule has 2 rings (SSSR count). The fourth-order valence-corrected chi connectivity index (χ4v) is 2.43. The van der Waals surface area contributed by atoms with E-state index in [9.17, 15) is 22.8 Å². The Labute approximate surface area is 136 Å². The molecule has 0 saturated heterocycles. The topological polar surface area (TPSA) is 87.7 Å². The average Bonchev–Trinajstić information content (AvgIpc) is 2.40. The number of benzene rings is 1. The number of carbonyl (C=O) groups excluding carboxylic acids is 1. The van der Waals surface area contributed by atoms with Gasteiger partial charge in [0.2, 0.25) is 0 Å². The van der Waals surface area contributed by atoms with E-state index in [1.165, 1.54) is 18.2 Å². The van der Waals surface area contributed by atoms with Gasteiger partial charge in [-0.1, -0.05) is 12.1 Å². The Bertz CT molecular complexity index is 615. The highest BCUT2D eigenvalue weighted by Gasteiger charge is 2.35. The van der Waals surface area contributed by atoms with Crippen molar-refractivity contribution in [2.45, 2.75) is 38.2 Å². The Hall–Kier alpha value is -2.45. The summed E-state index contributed by atoms with van der Waals surface area (Å²) in [6.45, 7) is 1.62. The fraction of sp³-hybridized carbons (Fsp3) is 0.467. The van der Waals surface area contributed by atoms with Crippen molar-refractivity contribution in [2.75, 3.05) is 0 Å². The zero-order chi connectivity index (χ0) is 17.9. The van der Waals surface area contributed by atoms with Gasteiger partial charge < -0.3 is 20.5 Å². The summed E-state index contributed by atoms with van der Waals surface area (Å²) in [4.78, 5) is 22.5. The molecule has 9 heteroatoms. The van der Waals surface area contributed by atoms with Gasteiger partial charge in [0, 0.05) is 6.04 Å². The number of carbonyl (C=O) groups is 2. The Kier molecular flexibility index (Phi) is 5.20. The van der Waals surface area contributed by atoms with E-state index in [1.807, 2.05) is 0 Å². The second kappa shape index (κ2) is 6.98. The van der Waals surface area contributed by atoms with Crippen LogP contribution in [-0.4, -0.2) is 29.5 Å². The van der Waals surface area contributed by atoms with Crippen LogP contribution in [0.15, 0.2) is 24.3 Å². The minimum Gasteiger partial charge on any atom is -0.481 e. The van der Waals surface area contributed by atoms with E-state index in [0.29, 0.717) is 18.4 Å². The molecule has 3 N–H and O–H groups in total. The maximum absolute atomic E-state index is 12.2. The predicted molar refractivity (Wildman–Crippen MR) is 77.4 cm³/mol. The molecule has 0 spiro atoms. The summed E-state index contributed by atoms with van der Waals surface area (Å²) in [5.74, 6) is -1.69. The van der Waals surface area contributed by atoms with Gasteiger partial charge in [-0.3, -0.25) is 4.79 Å². The molecule has 1 atom stereocenters. The quantitative estimate of drug-likeness (QED) is 0.765. The molecule has 0 radical (unpaired) electrons. The molecule has 1 aromatic rings. The van der Waals surface area contributed by atoms with Gasteiger partial charge in [0.05, 0.1) is 12.0 Å². The number of aliphatic carboxylic acids is 1. The third-order valence-electron chi connectivity index (χ3n) is 3.76. The molecule has 1 aliphatic carbocycles. The second-order valence-electron chi connectivity index (χ2n) is 5.66. The molecule has 0 aliphatic heterocycles. The van der Waals surface area contributed by atoms with Crippen molar-refractivity contribution in [3.05, 3.63) is 29.8 Å². The van der Waals surface area contributed by atoms with Gasteiger partial charge in [0.15, 0.2) is 0 Å². The summed E-state index contributed by atoms with van der Waals surface area (Å²) in [6, 6.07) is 4.08. The van der Waals surface area contributed by atoms with Crippen molar-refractivity contribution >= 4 is 12.0 Å². The van der Waals surface area contributed by atoms with E-state index >= 15 is 0 Å². The highest BCUT2D eigenvalue weighted by molar-refractivity contribution is 5.76. The molecule has 1 aromatic carbocycles. The molecule has 132 valence electrons. The number of ether oxygens (including phenoxy) is 1. The van der Waals surface area contributed by atoms with Crippen molar-refractivity contribution in [3.63, 3.8) is 0 Å². The molecule has 1 fully saturated rings. The first-order valence-corrected chi connectivity index (χ1v) is 7.29. The first kappa shape index (κ1) is 17.9. The molecule has 1 unspecified atom stereocenters. The van der Waals surface area contributed by atoms with Crippen LogP contribution in [0.5, 0.6) is 5.75 Å². The number of carboxylic acids is 1. The van der Waals surface area contributed by atoms with Crippen LogP contribution >= 0.6 is 0 Å². The van der Waals surface area contributed by atoms with Crippen LogP contribution in [0.25, 0.3) is 0 Å². The summed E-state index contributed by atoms with van der Waals surface area (Å²) in [5.41, 5.74) is 0.448. The Morgan fingerprint density at radius 2 is 2.00 bits per heavy atom. The molecule has 2 amide bonds. The molecular weight excluding hydrogens is 329 g/mol. The van der Waals surface area contributed by atoms with Crippen molar-refractivity contribution in [1.82, 2.24) is 10.6 Å². The van der Waals surface area contributed by atoms with E-state index in [-0.39, 0.29) is 11.8 Å². The number of alkyl halides is 3. The Morgan fingerprint density at radius 3 is 2.58 bits per heavy atom. The van der Waals surface area contributed by atoms with E-state index < -0.39 is 30.3 Å². The summed E-state index contributed by atoms with van der Waals surface area (Å²) in [7, 11) is 0. The average molecular weight is 346 g/mol. The van der Waals surface area contributed by atoms with E-state index in [1.54, 1.807) is 13.0 Å². The van der Waals surface area contributed by atoms with Gasteiger partial charge in [-0.05, 0) is 37.5 Å². The van der Waals surface area contributed by atoms with Gasteiger partial charge in [-0.15, -0.1) is 13.2 Å². The zero-order valence-corrected chi connectivity index (χ0v) is 12.8. The van der Waals surface area contributed by atoms with Crippen molar-refractivity contribution < 1.29 is 32.6 Å². The lowest BCUT2D eigenvalue weighted by Gasteiger charge is -2.33. The summed E-state index contributed by atoms with van der Waals surface area (Å²) < 4.78 is 40.5. The number of hydrogen-bond acceptors (Lipinski definition) is 3. The van der Waals surface area contributed by atoms with Crippen molar-refractivity contribution in [2.24, 2.45) is 5.92 Å². The fourth-order valence-electron chi connectivity index (χ4n) is 2.43. The van der Waals surface area contributed by atoms with Gasteiger partial charge in [-0.25, -0.2) is 4.79 Å². The molecule has 1 aliphatic rings. The lowest BCUT2D eigenvalue weighted by atomic mass is 9.80. The van der Waals surface area contributed by atoms with Gasteiger partial charge in [0.1, 0.15) is 5.75 Å². The van der Waals surface area contributed by atoms with Crippen LogP contribution in [0.3, 0.4) is 0 Å². The molecule has 6 nitrogen and oxygen atoms in total. The first-order valence-electron chi connectivity index (χ1n) is 7.29. The van der Waals surface area contributed by atoms with E-state index in [0.717, 1.165) is 0 Å². The monoisotopic (exact) mass is 346 g/mol. The molecule has 24 heavy (non-hydrogen) atoms. The van der Waals surface area contributed by atoms with Gasteiger partial charge in [0.25, 0.3) is 0 Å². The first-order chi connectivity index (χ1) is 11.1. The van der Waals surface area contributed by atoms with Crippen LogP contribution < -0.4 is 15.4 Å². The van der Waals surface area contributed by atoms with Gasteiger partial charge in [-0.2, -0.15) is 0 Å². The number of hydrogen-bond donors (Lipinski definition) is 3. The van der Waals surface area contributed by atoms with Crippen molar-refractivity contribution in [1.29, 1.82) is 0 Å². The van der Waals surface area contributed by atoms with Crippen molar-refractivity contribution in [3.8, 4) is 5.75 Å². The molecule has 0 heterocycles. The minimum atomic E-state index is -4.78. The summed E-state index contributed by atoms with van der Waals surface area (Å²) in [6.07, 6.45) is -4.05. The lowest BCUT2D eigenvalue weighted by Crippen LogP contribution is -2.50.